The van der Waals surface area contributed by atoms with Gasteiger partial charge in [-0.25, -0.2) is 8.78 Å². The van der Waals surface area contributed by atoms with E-state index in [1.807, 2.05) is 35.0 Å². The number of aromatic nitrogens is 1. The van der Waals surface area contributed by atoms with E-state index in [9.17, 15) is 18.4 Å². The number of fused-ring (bicyclic) bond motifs is 1. The second-order valence-electron chi connectivity index (χ2n) is 8.80. The number of rotatable bonds is 6. The summed E-state index contributed by atoms with van der Waals surface area (Å²) in [6.45, 7) is 0.529. The average Bonchev–Trinajstić information content (AvgIpc) is 3.13. The zero-order chi connectivity index (χ0) is 23.4. The van der Waals surface area contributed by atoms with E-state index < -0.39 is 12.4 Å². The number of benzene rings is 2. The number of carboxylic acids is 1. The molecule has 0 atom stereocenters. The molecule has 33 heavy (non-hydrogen) atoms. The SMILES string of the molecule is O=C(NC1CCC1)c1cccc2ccn(Cc3ccc(C(F)F)cc3)c12.O=C(O)C1CCC1. The molecule has 2 aromatic carbocycles. The molecule has 7 heteroatoms. The van der Waals surface area contributed by atoms with Crippen molar-refractivity contribution in [2.24, 2.45) is 5.92 Å². The highest BCUT2D eigenvalue weighted by atomic mass is 19.3. The number of nitrogens with one attached hydrogen (secondary N) is 1. The van der Waals surface area contributed by atoms with Crippen molar-refractivity contribution in [1.29, 1.82) is 0 Å². The predicted molar refractivity (Wildman–Crippen MR) is 123 cm³/mol. The summed E-state index contributed by atoms with van der Waals surface area (Å²) in [5.41, 5.74) is 2.47. The van der Waals surface area contributed by atoms with Crippen molar-refractivity contribution in [2.75, 3.05) is 0 Å². The Morgan fingerprint density at radius 3 is 2.21 bits per heavy atom. The largest absolute Gasteiger partial charge is 0.481 e. The summed E-state index contributed by atoms with van der Waals surface area (Å²) in [4.78, 5) is 22.7. The molecule has 0 unspecified atom stereocenters. The Morgan fingerprint density at radius 2 is 1.70 bits per heavy atom. The third-order valence-electron chi connectivity index (χ3n) is 6.51. The van der Waals surface area contributed by atoms with E-state index in [1.165, 1.54) is 18.6 Å². The van der Waals surface area contributed by atoms with Gasteiger partial charge in [0.25, 0.3) is 12.3 Å². The molecule has 1 aromatic heterocycles. The van der Waals surface area contributed by atoms with Gasteiger partial charge in [-0.15, -0.1) is 0 Å². The second kappa shape index (κ2) is 10.1. The number of hydrogen-bond acceptors (Lipinski definition) is 2. The van der Waals surface area contributed by atoms with E-state index in [1.54, 1.807) is 12.1 Å². The maximum Gasteiger partial charge on any atom is 0.306 e. The molecule has 1 heterocycles. The maximum atomic E-state index is 12.7. The summed E-state index contributed by atoms with van der Waals surface area (Å²) >= 11 is 0. The first kappa shape index (κ1) is 23.0. The number of hydrogen-bond donors (Lipinski definition) is 2. The van der Waals surface area contributed by atoms with Gasteiger partial charge in [-0.1, -0.05) is 42.8 Å². The molecule has 2 fully saturated rings. The summed E-state index contributed by atoms with van der Waals surface area (Å²) in [6.07, 6.45) is 5.63. The zero-order valence-electron chi connectivity index (χ0n) is 18.3. The van der Waals surface area contributed by atoms with Crippen LogP contribution < -0.4 is 5.32 Å². The topological polar surface area (TPSA) is 71.3 Å². The Morgan fingerprint density at radius 1 is 1.00 bits per heavy atom. The molecule has 0 saturated heterocycles. The van der Waals surface area contributed by atoms with Crippen LogP contribution in [0.5, 0.6) is 0 Å². The highest BCUT2D eigenvalue weighted by Crippen LogP contribution is 2.26. The molecule has 1 amide bonds. The Hall–Kier alpha value is -3.22. The van der Waals surface area contributed by atoms with Crippen molar-refractivity contribution in [3.63, 3.8) is 0 Å². The van der Waals surface area contributed by atoms with Gasteiger partial charge >= 0.3 is 5.97 Å². The zero-order valence-corrected chi connectivity index (χ0v) is 18.3. The van der Waals surface area contributed by atoms with Crippen LogP contribution in [0.2, 0.25) is 0 Å². The highest BCUT2D eigenvalue weighted by molar-refractivity contribution is 6.06. The fourth-order valence-corrected chi connectivity index (χ4v) is 4.01. The van der Waals surface area contributed by atoms with Crippen LogP contribution in [-0.2, 0) is 11.3 Å². The van der Waals surface area contributed by atoms with Crippen LogP contribution in [0, 0.1) is 5.92 Å². The number of alkyl halides is 2. The number of nitrogens with zero attached hydrogens (tertiary/aromatic N) is 1. The normalized spacial score (nSPS) is 16.0. The number of para-hydroxylation sites is 1. The number of halogens is 2. The molecule has 5 nitrogen and oxygen atoms in total. The van der Waals surface area contributed by atoms with Gasteiger partial charge in [0.2, 0.25) is 0 Å². The number of aliphatic carboxylic acids is 1. The van der Waals surface area contributed by atoms with Crippen LogP contribution in [0.3, 0.4) is 0 Å². The third kappa shape index (κ3) is 5.41. The Balaban J connectivity index is 0.000000318. The monoisotopic (exact) mass is 454 g/mol. The van der Waals surface area contributed by atoms with Crippen LogP contribution in [0.4, 0.5) is 8.78 Å². The Labute approximate surface area is 191 Å². The molecule has 174 valence electrons. The molecule has 2 saturated carbocycles. The summed E-state index contributed by atoms with van der Waals surface area (Å²) in [5, 5.41) is 12.3. The first-order chi connectivity index (χ1) is 15.9. The molecular formula is C26H28F2N2O3. The molecule has 0 bridgehead atoms. The van der Waals surface area contributed by atoms with E-state index in [2.05, 4.69) is 5.32 Å². The van der Waals surface area contributed by atoms with Crippen molar-refractivity contribution in [1.82, 2.24) is 9.88 Å². The van der Waals surface area contributed by atoms with Gasteiger partial charge in [-0.3, -0.25) is 9.59 Å². The molecule has 0 spiro atoms. The first-order valence-electron chi connectivity index (χ1n) is 11.4. The molecule has 5 rings (SSSR count). The van der Waals surface area contributed by atoms with Crippen LogP contribution >= 0.6 is 0 Å². The smallest absolute Gasteiger partial charge is 0.306 e. The first-order valence-corrected chi connectivity index (χ1v) is 11.4. The van der Waals surface area contributed by atoms with Crippen molar-refractivity contribution >= 4 is 22.8 Å². The quantitative estimate of drug-likeness (QED) is 0.496. The standard InChI is InChI=1S/C21H20F2N2O.C5H8O2/c22-20(23)16-9-7-14(8-10-16)13-25-12-11-15-3-1-6-18(19(15)25)21(26)24-17-4-2-5-17;6-5(7)4-2-1-3-4/h1,3,6-12,17,20H,2,4-5,13H2,(H,24,26);4H,1-3H2,(H,6,7). The van der Waals surface area contributed by atoms with Crippen molar-refractivity contribution < 1.29 is 23.5 Å². The Bertz CT molecular complexity index is 1120. The highest BCUT2D eigenvalue weighted by Gasteiger charge is 2.24. The second-order valence-corrected chi connectivity index (χ2v) is 8.80. The summed E-state index contributed by atoms with van der Waals surface area (Å²) in [5.74, 6) is -0.667. The number of amides is 1. The molecule has 2 aliphatic carbocycles. The van der Waals surface area contributed by atoms with Gasteiger partial charge in [-0.05, 0) is 49.8 Å². The molecular weight excluding hydrogens is 426 g/mol. The summed E-state index contributed by atoms with van der Waals surface area (Å²) in [6, 6.07) is 14.3. The lowest BCUT2D eigenvalue weighted by atomic mass is 9.86. The van der Waals surface area contributed by atoms with Crippen LogP contribution in [-0.4, -0.2) is 27.6 Å². The minimum Gasteiger partial charge on any atom is -0.481 e. The fourth-order valence-electron chi connectivity index (χ4n) is 4.01. The lowest BCUT2D eigenvalue weighted by molar-refractivity contribution is -0.144. The van der Waals surface area contributed by atoms with E-state index in [0.717, 1.165) is 48.6 Å². The van der Waals surface area contributed by atoms with Gasteiger partial charge in [0.15, 0.2) is 0 Å². The lowest BCUT2D eigenvalue weighted by Crippen LogP contribution is -2.39. The number of carbonyl (C=O) groups excluding carboxylic acids is 1. The number of carbonyl (C=O) groups is 2. The summed E-state index contributed by atoms with van der Waals surface area (Å²) in [7, 11) is 0. The van der Waals surface area contributed by atoms with E-state index >= 15 is 0 Å². The van der Waals surface area contributed by atoms with Crippen LogP contribution in [0.1, 0.15) is 66.4 Å². The fraction of sp³-hybridized carbons (Fsp3) is 0.385. The van der Waals surface area contributed by atoms with Crippen molar-refractivity contribution in [3.05, 3.63) is 71.4 Å². The summed E-state index contributed by atoms with van der Waals surface area (Å²) < 4.78 is 27.4. The van der Waals surface area contributed by atoms with Crippen molar-refractivity contribution in [2.45, 2.75) is 57.5 Å². The van der Waals surface area contributed by atoms with E-state index in [0.29, 0.717) is 12.1 Å². The van der Waals surface area contributed by atoms with Gasteiger partial charge in [0, 0.05) is 29.7 Å². The van der Waals surface area contributed by atoms with Crippen LogP contribution in [0.15, 0.2) is 54.7 Å². The number of carboxylic acid groups (broad SMARTS) is 1. The van der Waals surface area contributed by atoms with Gasteiger partial charge < -0.3 is 15.0 Å². The van der Waals surface area contributed by atoms with Gasteiger partial charge in [0.05, 0.1) is 17.0 Å². The average molecular weight is 455 g/mol. The third-order valence-corrected chi connectivity index (χ3v) is 6.51. The lowest BCUT2D eigenvalue weighted by Gasteiger charge is -2.26. The van der Waals surface area contributed by atoms with E-state index in [4.69, 9.17) is 5.11 Å². The molecule has 0 radical (unpaired) electrons. The minimum absolute atomic E-state index is 0.000000000000000444. The molecule has 2 aliphatic rings. The predicted octanol–water partition coefficient (Wildman–Crippen LogP) is 5.78. The van der Waals surface area contributed by atoms with Crippen molar-refractivity contribution in [3.8, 4) is 0 Å². The molecule has 2 N–H and O–H groups in total. The Kier molecular flexibility index (Phi) is 7.06. The van der Waals surface area contributed by atoms with Crippen LogP contribution in [0.25, 0.3) is 10.9 Å². The minimum atomic E-state index is -2.46. The van der Waals surface area contributed by atoms with E-state index in [-0.39, 0.29) is 23.4 Å². The molecule has 0 aliphatic heterocycles. The molecule has 3 aromatic rings. The van der Waals surface area contributed by atoms with Gasteiger partial charge in [-0.2, -0.15) is 0 Å². The van der Waals surface area contributed by atoms with Gasteiger partial charge in [0.1, 0.15) is 0 Å². The maximum absolute atomic E-state index is 12.7.